The SMILES string of the molecule is COc1ccc(C(=O)Oc2ccccc2)cc1S(=O)(=O)NC(C)C. The number of para-hydroxylation sites is 1. The number of nitrogens with one attached hydrogen (secondary N) is 1. The fraction of sp³-hybridized carbons (Fsp3) is 0.235. The summed E-state index contributed by atoms with van der Waals surface area (Å²) in [6.45, 7) is 3.41. The van der Waals surface area contributed by atoms with Crippen molar-refractivity contribution >= 4 is 16.0 Å². The molecule has 1 N–H and O–H groups in total. The Morgan fingerprint density at radius 3 is 2.33 bits per heavy atom. The highest BCUT2D eigenvalue weighted by atomic mass is 32.2. The first-order valence-corrected chi connectivity index (χ1v) is 8.79. The Bertz CT molecular complexity index is 816. The molecule has 0 aromatic heterocycles. The van der Waals surface area contributed by atoms with Crippen LogP contribution in [0, 0.1) is 0 Å². The second-order valence-corrected chi connectivity index (χ2v) is 7.03. The fourth-order valence-electron chi connectivity index (χ4n) is 2.04. The van der Waals surface area contributed by atoms with E-state index in [1.54, 1.807) is 44.2 Å². The van der Waals surface area contributed by atoms with Crippen molar-refractivity contribution in [2.45, 2.75) is 24.8 Å². The van der Waals surface area contributed by atoms with Gasteiger partial charge in [-0.2, -0.15) is 0 Å². The summed E-state index contributed by atoms with van der Waals surface area (Å²) >= 11 is 0. The molecule has 0 bridgehead atoms. The highest BCUT2D eigenvalue weighted by Gasteiger charge is 2.23. The normalized spacial score (nSPS) is 11.3. The Kier molecular flexibility index (Phi) is 5.58. The minimum atomic E-state index is -3.81. The van der Waals surface area contributed by atoms with Crippen LogP contribution < -0.4 is 14.2 Å². The summed E-state index contributed by atoms with van der Waals surface area (Å²) in [6, 6.07) is 12.4. The lowest BCUT2D eigenvalue weighted by molar-refractivity contribution is 0.0734. The van der Waals surface area contributed by atoms with Crippen LogP contribution in [-0.4, -0.2) is 27.5 Å². The monoisotopic (exact) mass is 349 g/mol. The molecule has 24 heavy (non-hydrogen) atoms. The number of methoxy groups -OCH3 is 1. The van der Waals surface area contributed by atoms with Gasteiger partial charge in [0.25, 0.3) is 0 Å². The molecule has 0 atom stereocenters. The Morgan fingerprint density at radius 2 is 1.75 bits per heavy atom. The molecule has 0 aliphatic carbocycles. The maximum absolute atomic E-state index is 12.4. The van der Waals surface area contributed by atoms with E-state index in [0.717, 1.165) is 0 Å². The van der Waals surface area contributed by atoms with E-state index in [9.17, 15) is 13.2 Å². The fourth-order valence-corrected chi connectivity index (χ4v) is 3.49. The number of benzene rings is 2. The maximum atomic E-state index is 12.4. The number of carbonyl (C=O) groups excluding carboxylic acids is 1. The largest absolute Gasteiger partial charge is 0.495 e. The van der Waals surface area contributed by atoms with Crippen molar-refractivity contribution < 1.29 is 22.7 Å². The van der Waals surface area contributed by atoms with E-state index < -0.39 is 16.0 Å². The van der Waals surface area contributed by atoms with E-state index in [1.165, 1.54) is 25.3 Å². The molecule has 128 valence electrons. The number of ether oxygens (including phenoxy) is 2. The van der Waals surface area contributed by atoms with Gasteiger partial charge in [0, 0.05) is 6.04 Å². The second kappa shape index (κ2) is 7.46. The first-order valence-electron chi connectivity index (χ1n) is 7.31. The van der Waals surface area contributed by atoms with E-state index >= 15 is 0 Å². The molecule has 0 spiro atoms. The lowest BCUT2D eigenvalue weighted by Crippen LogP contribution is -2.30. The first-order chi connectivity index (χ1) is 11.3. The van der Waals surface area contributed by atoms with Crippen LogP contribution in [0.1, 0.15) is 24.2 Å². The van der Waals surface area contributed by atoms with Crippen LogP contribution >= 0.6 is 0 Å². The zero-order valence-corrected chi connectivity index (χ0v) is 14.5. The van der Waals surface area contributed by atoms with Gasteiger partial charge in [0.05, 0.1) is 12.7 Å². The first kappa shape index (κ1) is 18.0. The van der Waals surface area contributed by atoms with Crippen molar-refractivity contribution in [2.75, 3.05) is 7.11 Å². The van der Waals surface area contributed by atoms with Crippen molar-refractivity contribution in [3.05, 3.63) is 54.1 Å². The molecular formula is C17H19NO5S. The highest BCUT2D eigenvalue weighted by Crippen LogP contribution is 2.25. The molecule has 0 aliphatic rings. The minimum Gasteiger partial charge on any atom is -0.495 e. The molecule has 0 saturated carbocycles. The third-order valence-electron chi connectivity index (χ3n) is 3.03. The Hall–Kier alpha value is -2.38. The van der Waals surface area contributed by atoms with Crippen molar-refractivity contribution in [2.24, 2.45) is 0 Å². The van der Waals surface area contributed by atoms with Crippen molar-refractivity contribution in [3.8, 4) is 11.5 Å². The molecule has 0 radical (unpaired) electrons. The van der Waals surface area contributed by atoms with E-state index in [0.29, 0.717) is 5.75 Å². The van der Waals surface area contributed by atoms with Gasteiger partial charge in [-0.05, 0) is 44.2 Å². The van der Waals surface area contributed by atoms with E-state index in [1.807, 2.05) is 0 Å². The average molecular weight is 349 g/mol. The molecule has 2 rings (SSSR count). The van der Waals surface area contributed by atoms with Crippen LogP contribution in [0.2, 0.25) is 0 Å². The summed E-state index contributed by atoms with van der Waals surface area (Å²) < 4.78 is 37.6. The van der Waals surface area contributed by atoms with Gasteiger partial charge in [0.2, 0.25) is 10.0 Å². The molecule has 0 unspecified atom stereocenters. The average Bonchev–Trinajstić information content (AvgIpc) is 2.54. The molecule has 6 nitrogen and oxygen atoms in total. The smallest absolute Gasteiger partial charge is 0.343 e. The summed E-state index contributed by atoms with van der Waals surface area (Å²) in [4.78, 5) is 12.1. The van der Waals surface area contributed by atoms with Crippen LogP contribution in [0.4, 0.5) is 0 Å². The van der Waals surface area contributed by atoms with Gasteiger partial charge in [0.15, 0.2) is 0 Å². The minimum absolute atomic E-state index is 0.110. The Balaban J connectivity index is 2.36. The lowest BCUT2D eigenvalue weighted by Gasteiger charge is -2.14. The number of sulfonamides is 1. The van der Waals surface area contributed by atoms with Crippen LogP contribution in [0.25, 0.3) is 0 Å². The van der Waals surface area contributed by atoms with E-state index in [2.05, 4.69) is 4.72 Å². The summed E-state index contributed by atoms with van der Waals surface area (Å²) in [5.41, 5.74) is 0.115. The number of hydrogen-bond acceptors (Lipinski definition) is 5. The number of rotatable bonds is 6. The molecule has 0 saturated heterocycles. The lowest BCUT2D eigenvalue weighted by atomic mass is 10.2. The zero-order valence-electron chi connectivity index (χ0n) is 13.6. The van der Waals surface area contributed by atoms with Crippen molar-refractivity contribution in [1.29, 1.82) is 0 Å². The zero-order chi connectivity index (χ0) is 17.7. The van der Waals surface area contributed by atoms with Gasteiger partial charge in [-0.15, -0.1) is 0 Å². The molecule has 2 aromatic rings. The van der Waals surface area contributed by atoms with Crippen molar-refractivity contribution in [3.63, 3.8) is 0 Å². The van der Waals surface area contributed by atoms with Gasteiger partial charge in [0.1, 0.15) is 16.4 Å². The van der Waals surface area contributed by atoms with E-state index in [4.69, 9.17) is 9.47 Å². The number of carbonyl (C=O) groups is 1. The topological polar surface area (TPSA) is 81.7 Å². The third kappa shape index (κ3) is 4.33. The molecule has 0 amide bonds. The Morgan fingerprint density at radius 1 is 1.08 bits per heavy atom. The standard InChI is InChI=1S/C17H19NO5S/c1-12(2)18-24(20,21)16-11-13(9-10-15(16)22-3)17(19)23-14-7-5-4-6-8-14/h4-12,18H,1-3H3. The molecular weight excluding hydrogens is 330 g/mol. The van der Waals surface area contributed by atoms with Gasteiger partial charge in [-0.1, -0.05) is 18.2 Å². The van der Waals surface area contributed by atoms with Crippen LogP contribution in [-0.2, 0) is 10.0 Å². The van der Waals surface area contributed by atoms with Gasteiger partial charge >= 0.3 is 5.97 Å². The quantitative estimate of drug-likeness (QED) is 0.640. The molecule has 0 fully saturated rings. The molecule has 0 heterocycles. The summed E-state index contributed by atoms with van der Waals surface area (Å²) in [7, 11) is -2.45. The number of esters is 1. The van der Waals surface area contributed by atoms with Crippen LogP contribution in [0.3, 0.4) is 0 Å². The predicted molar refractivity (Wildman–Crippen MR) is 89.9 cm³/mol. The number of hydrogen-bond donors (Lipinski definition) is 1. The molecule has 0 aliphatic heterocycles. The molecule has 7 heteroatoms. The van der Waals surface area contributed by atoms with Gasteiger partial charge in [-0.25, -0.2) is 17.9 Å². The summed E-state index contributed by atoms with van der Waals surface area (Å²) in [5, 5.41) is 0. The Labute approximate surface area is 141 Å². The maximum Gasteiger partial charge on any atom is 0.343 e. The second-order valence-electron chi connectivity index (χ2n) is 5.34. The van der Waals surface area contributed by atoms with E-state index in [-0.39, 0.29) is 22.3 Å². The summed E-state index contributed by atoms with van der Waals surface area (Å²) in [6.07, 6.45) is 0. The van der Waals surface area contributed by atoms with Crippen LogP contribution in [0.5, 0.6) is 11.5 Å². The third-order valence-corrected chi connectivity index (χ3v) is 4.71. The summed E-state index contributed by atoms with van der Waals surface area (Å²) in [5.74, 6) is -0.118. The van der Waals surface area contributed by atoms with Crippen molar-refractivity contribution in [1.82, 2.24) is 4.72 Å². The molecule has 2 aromatic carbocycles. The highest BCUT2D eigenvalue weighted by molar-refractivity contribution is 7.89. The van der Waals surface area contributed by atoms with Crippen LogP contribution in [0.15, 0.2) is 53.4 Å². The van der Waals surface area contributed by atoms with Gasteiger partial charge in [-0.3, -0.25) is 0 Å². The predicted octanol–water partition coefficient (Wildman–Crippen LogP) is 2.60. The van der Waals surface area contributed by atoms with Gasteiger partial charge < -0.3 is 9.47 Å².